The average molecular weight is 126 g/mol. The maximum atomic E-state index is 5.23. The van der Waals surface area contributed by atoms with Gasteiger partial charge < -0.3 is 4.74 Å². The van der Waals surface area contributed by atoms with Gasteiger partial charge in [-0.15, -0.1) is 6.58 Å². The second kappa shape index (κ2) is 5.57. The normalized spacial score (nSPS) is 14.0. The van der Waals surface area contributed by atoms with Crippen LogP contribution in [0.5, 0.6) is 0 Å². The standard InChI is InChI=1S/C8H14O/c1-4-6-7-9-8(3)5-2/h4-6,8H,2,7H2,1,3H3/b6-4+. The van der Waals surface area contributed by atoms with Crippen LogP contribution in [0.4, 0.5) is 0 Å². The molecule has 0 aliphatic heterocycles. The molecule has 1 heteroatoms. The van der Waals surface area contributed by atoms with E-state index < -0.39 is 0 Å². The molecule has 0 aromatic rings. The molecule has 0 aromatic carbocycles. The van der Waals surface area contributed by atoms with E-state index in [1.807, 2.05) is 26.0 Å². The Labute approximate surface area is 57.0 Å². The molecule has 0 saturated heterocycles. The second-order valence-electron chi connectivity index (χ2n) is 1.84. The van der Waals surface area contributed by atoms with Crippen LogP contribution in [0.15, 0.2) is 24.8 Å². The van der Waals surface area contributed by atoms with Gasteiger partial charge in [-0.3, -0.25) is 0 Å². The summed E-state index contributed by atoms with van der Waals surface area (Å²) in [5.74, 6) is 0. The van der Waals surface area contributed by atoms with Gasteiger partial charge in [0.05, 0.1) is 12.7 Å². The van der Waals surface area contributed by atoms with Gasteiger partial charge in [0.25, 0.3) is 0 Å². The Morgan fingerprint density at radius 3 is 2.78 bits per heavy atom. The first kappa shape index (κ1) is 8.44. The quantitative estimate of drug-likeness (QED) is 0.524. The van der Waals surface area contributed by atoms with E-state index in [9.17, 15) is 0 Å². The molecule has 0 radical (unpaired) electrons. The molecule has 0 heterocycles. The molecular formula is C8H14O. The molecule has 52 valence electrons. The SMILES string of the molecule is C=CC(C)OC/C=C/C. The molecule has 0 amide bonds. The van der Waals surface area contributed by atoms with Crippen LogP contribution in [0.2, 0.25) is 0 Å². The van der Waals surface area contributed by atoms with E-state index in [1.165, 1.54) is 0 Å². The van der Waals surface area contributed by atoms with Gasteiger partial charge in [-0.2, -0.15) is 0 Å². The van der Waals surface area contributed by atoms with Crippen molar-refractivity contribution in [2.24, 2.45) is 0 Å². The first-order valence-corrected chi connectivity index (χ1v) is 3.16. The molecule has 0 rings (SSSR count). The molecule has 0 bridgehead atoms. The predicted molar refractivity (Wildman–Crippen MR) is 40.4 cm³/mol. The minimum atomic E-state index is 0.168. The van der Waals surface area contributed by atoms with Crippen molar-refractivity contribution < 1.29 is 4.74 Å². The van der Waals surface area contributed by atoms with Gasteiger partial charge >= 0.3 is 0 Å². The fraction of sp³-hybridized carbons (Fsp3) is 0.500. The predicted octanol–water partition coefficient (Wildman–Crippen LogP) is 2.15. The van der Waals surface area contributed by atoms with Gasteiger partial charge in [0.1, 0.15) is 0 Å². The molecule has 0 fully saturated rings. The van der Waals surface area contributed by atoms with Crippen LogP contribution < -0.4 is 0 Å². The van der Waals surface area contributed by atoms with Crippen LogP contribution in [0, 0.1) is 0 Å². The lowest BCUT2D eigenvalue weighted by Crippen LogP contribution is -2.02. The number of allylic oxidation sites excluding steroid dienone is 1. The van der Waals surface area contributed by atoms with E-state index in [2.05, 4.69) is 6.58 Å². The number of hydrogen-bond donors (Lipinski definition) is 0. The summed E-state index contributed by atoms with van der Waals surface area (Å²) in [5, 5.41) is 0. The van der Waals surface area contributed by atoms with E-state index in [0.717, 1.165) is 0 Å². The average Bonchev–Trinajstić information content (AvgIpc) is 1.89. The third kappa shape index (κ3) is 5.31. The molecule has 0 N–H and O–H groups in total. The van der Waals surface area contributed by atoms with Gasteiger partial charge in [0.15, 0.2) is 0 Å². The van der Waals surface area contributed by atoms with E-state index in [-0.39, 0.29) is 6.10 Å². The van der Waals surface area contributed by atoms with Crippen molar-refractivity contribution in [1.29, 1.82) is 0 Å². The van der Waals surface area contributed by atoms with Crippen molar-refractivity contribution in [3.05, 3.63) is 24.8 Å². The van der Waals surface area contributed by atoms with Crippen molar-refractivity contribution >= 4 is 0 Å². The summed E-state index contributed by atoms with van der Waals surface area (Å²) >= 11 is 0. The highest BCUT2D eigenvalue weighted by Crippen LogP contribution is 1.89. The molecule has 0 aromatic heterocycles. The molecule has 1 atom stereocenters. The van der Waals surface area contributed by atoms with Crippen molar-refractivity contribution in [1.82, 2.24) is 0 Å². The molecular weight excluding hydrogens is 112 g/mol. The monoisotopic (exact) mass is 126 g/mol. The van der Waals surface area contributed by atoms with Gasteiger partial charge in [-0.05, 0) is 13.8 Å². The Balaban J connectivity index is 3.16. The minimum Gasteiger partial charge on any atom is -0.370 e. The van der Waals surface area contributed by atoms with E-state index in [0.29, 0.717) is 6.61 Å². The molecule has 1 unspecified atom stereocenters. The van der Waals surface area contributed by atoms with Crippen LogP contribution in [-0.4, -0.2) is 12.7 Å². The highest BCUT2D eigenvalue weighted by molar-refractivity contribution is 4.80. The lowest BCUT2D eigenvalue weighted by Gasteiger charge is -2.03. The Hall–Kier alpha value is -0.560. The summed E-state index contributed by atoms with van der Waals surface area (Å²) in [7, 11) is 0. The smallest absolute Gasteiger partial charge is 0.0729 e. The summed E-state index contributed by atoms with van der Waals surface area (Å²) in [4.78, 5) is 0. The Bertz CT molecular complexity index is 94.7. The first-order valence-electron chi connectivity index (χ1n) is 3.16. The van der Waals surface area contributed by atoms with Crippen molar-refractivity contribution in [3.8, 4) is 0 Å². The third-order valence-corrected chi connectivity index (χ3v) is 1.02. The van der Waals surface area contributed by atoms with Crippen molar-refractivity contribution in [2.45, 2.75) is 20.0 Å². The van der Waals surface area contributed by atoms with Crippen LogP contribution >= 0.6 is 0 Å². The van der Waals surface area contributed by atoms with E-state index in [1.54, 1.807) is 6.08 Å². The van der Waals surface area contributed by atoms with E-state index in [4.69, 9.17) is 4.74 Å². The molecule has 9 heavy (non-hydrogen) atoms. The number of hydrogen-bond acceptors (Lipinski definition) is 1. The van der Waals surface area contributed by atoms with Crippen molar-refractivity contribution in [3.63, 3.8) is 0 Å². The Kier molecular flexibility index (Phi) is 5.23. The zero-order valence-electron chi connectivity index (χ0n) is 6.13. The lowest BCUT2D eigenvalue weighted by atomic mass is 10.4. The maximum Gasteiger partial charge on any atom is 0.0729 e. The van der Waals surface area contributed by atoms with Crippen LogP contribution in [-0.2, 0) is 4.74 Å². The highest BCUT2D eigenvalue weighted by Gasteiger charge is 1.89. The molecule has 1 nitrogen and oxygen atoms in total. The summed E-state index contributed by atoms with van der Waals surface area (Å²) in [6.07, 6.45) is 5.89. The first-order chi connectivity index (χ1) is 4.31. The molecule has 0 aliphatic rings. The van der Waals surface area contributed by atoms with Crippen molar-refractivity contribution in [2.75, 3.05) is 6.61 Å². The largest absolute Gasteiger partial charge is 0.370 e. The zero-order chi connectivity index (χ0) is 7.11. The van der Waals surface area contributed by atoms with Gasteiger partial charge in [0, 0.05) is 0 Å². The molecule has 0 spiro atoms. The van der Waals surface area contributed by atoms with Gasteiger partial charge in [-0.1, -0.05) is 18.2 Å². The highest BCUT2D eigenvalue weighted by atomic mass is 16.5. The third-order valence-electron chi connectivity index (χ3n) is 1.02. The van der Waals surface area contributed by atoms with Gasteiger partial charge in [0.2, 0.25) is 0 Å². The topological polar surface area (TPSA) is 9.23 Å². The van der Waals surface area contributed by atoms with Gasteiger partial charge in [-0.25, -0.2) is 0 Å². The summed E-state index contributed by atoms with van der Waals surface area (Å²) in [5.41, 5.74) is 0. The lowest BCUT2D eigenvalue weighted by molar-refractivity contribution is 0.123. The van der Waals surface area contributed by atoms with Crippen LogP contribution in [0.25, 0.3) is 0 Å². The Morgan fingerprint density at radius 2 is 2.33 bits per heavy atom. The fourth-order valence-corrected chi connectivity index (χ4v) is 0.372. The number of ether oxygens (including phenoxy) is 1. The maximum absolute atomic E-state index is 5.23. The summed E-state index contributed by atoms with van der Waals surface area (Å²) < 4.78 is 5.23. The van der Waals surface area contributed by atoms with E-state index >= 15 is 0 Å². The second-order valence-corrected chi connectivity index (χ2v) is 1.84. The Morgan fingerprint density at radius 1 is 1.67 bits per heavy atom. The zero-order valence-corrected chi connectivity index (χ0v) is 6.13. The summed E-state index contributed by atoms with van der Waals surface area (Å²) in [6.45, 7) is 8.22. The molecule has 0 saturated carbocycles. The minimum absolute atomic E-state index is 0.168. The molecule has 0 aliphatic carbocycles. The van der Waals surface area contributed by atoms with Crippen LogP contribution in [0.1, 0.15) is 13.8 Å². The van der Waals surface area contributed by atoms with Crippen LogP contribution in [0.3, 0.4) is 0 Å². The fourth-order valence-electron chi connectivity index (χ4n) is 0.372. The number of rotatable bonds is 4. The summed E-state index contributed by atoms with van der Waals surface area (Å²) in [6, 6.07) is 0.